The molecule has 0 saturated carbocycles. The van der Waals surface area contributed by atoms with Crippen LogP contribution in [0.5, 0.6) is 28.7 Å². The Bertz CT molecular complexity index is 1780. The normalized spacial score (nSPS) is 16.1. The van der Waals surface area contributed by atoms with Crippen molar-refractivity contribution in [1.82, 2.24) is 4.98 Å². The lowest BCUT2D eigenvalue weighted by atomic mass is 10.00. The number of alkyl halides is 3. The summed E-state index contributed by atoms with van der Waals surface area (Å²) < 4.78 is 86.8. The van der Waals surface area contributed by atoms with Gasteiger partial charge in [-0.05, 0) is 61.4 Å². The molecule has 0 radical (unpaired) electrons. The highest BCUT2D eigenvalue weighted by Crippen LogP contribution is 2.42. The molecular weight excluding hydrogens is 615 g/mol. The summed E-state index contributed by atoms with van der Waals surface area (Å²) in [6.45, 7) is 1.71. The van der Waals surface area contributed by atoms with Crippen LogP contribution in [0.4, 0.5) is 18.0 Å². The number of methoxy groups -OCH3 is 1. The van der Waals surface area contributed by atoms with Crippen molar-refractivity contribution in [1.29, 1.82) is 0 Å². The highest BCUT2D eigenvalue weighted by molar-refractivity contribution is 7.91. The number of fused-ring (bicyclic) bond motifs is 1. The first-order valence-electron chi connectivity index (χ1n) is 12.7. The van der Waals surface area contributed by atoms with Crippen LogP contribution in [0.15, 0.2) is 60.7 Å². The lowest BCUT2D eigenvalue weighted by molar-refractivity contribution is -0.274. The number of benzene rings is 3. The van der Waals surface area contributed by atoms with E-state index < -0.39 is 28.5 Å². The largest absolute Gasteiger partial charge is 0.573 e. The third-order valence-electron chi connectivity index (χ3n) is 6.47. The molecule has 1 aliphatic heterocycles. The van der Waals surface area contributed by atoms with Crippen molar-refractivity contribution in [2.24, 2.45) is 0 Å². The van der Waals surface area contributed by atoms with Crippen LogP contribution in [0, 0.1) is 6.92 Å². The molecule has 1 aromatic heterocycles. The Labute approximate surface area is 249 Å². The van der Waals surface area contributed by atoms with Gasteiger partial charge < -0.3 is 23.7 Å². The zero-order chi connectivity index (χ0) is 30.9. The van der Waals surface area contributed by atoms with Crippen molar-refractivity contribution >= 4 is 38.5 Å². The van der Waals surface area contributed by atoms with Crippen molar-refractivity contribution in [3.8, 4) is 39.9 Å². The van der Waals surface area contributed by atoms with E-state index in [9.17, 15) is 26.4 Å². The highest BCUT2D eigenvalue weighted by atomic mass is 35.5. The zero-order valence-electron chi connectivity index (χ0n) is 22.6. The predicted octanol–water partition coefficient (Wildman–Crippen LogP) is 7.27. The second-order valence-corrected chi connectivity index (χ2v) is 12.2. The smallest absolute Gasteiger partial charge is 0.495 e. The molecule has 1 atom stereocenters. The van der Waals surface area contributed by atoms with Crippen LogP contribution in [0.2, 0.25) is 5.02 Å². The van der Waals surface area contributed by atoms with Gasteiger partial charge in [-0.2, -0.15) is 0 Å². The summed E-state index contributed by atoms with van der Waals surface area (Å²) in [6.07, 6.45) is -6.55. The van der Waals surface area contributed by atoms with Gasteiger partial charge in [0.1, 0.15) is 29.1 Å². The summed E-state index contributed by atoms with van der Waals surface area (Å²) in [7, 11) is -1.84. The van der Waals surface area contributed by atoms with Gasteiger partial charge >= 0.3 is 12.5 Å². The minimum absolute atomic E-state index is 0.0806. The van der Waals surface area contributed by atoms with E-state index in [0.29, 0.717) is 39.2 Å². The molecule has 0 aliphatic carbocycles. The Kier molecular flexibility index (Phi) is 8.30. The minimum Gasteiger partial charge on any atom is -0.495 e. The summed E-state index contributed by atoms with van der Waals surface area (Å²) in [4.78, 5) is 17.5. The number of nitrogens with zero attached hydrogens (tertiary/aromatic N) is 1. The van der Waals surface area contributed by atoms with Gasteiger partial charge in [0.25, 0.3) is 0 Å². The average Bonchev–Trinajstić information content (AvgIpc) is 3.27. The van der Waals surface area contributed by atoms with E-state index >= 15 is 0 Å². The van der Waals surface area contributed by atoms with Crippen LogP contribution in [-0.2, 0) is 14.6 Å². The lowest BCUT2D eigenvalue weighted by Gasteiger charge is -2.18. The van der Waals surface area contributed by atoms with Gasteiger partial charge in [-0.1, -0.05) is 23.7 Å². The predicted molar refractivity (Wildman–Crippen MR) is 151 cm³/mol. The number of sulfone groups is 1. The fourth-order valence-corrected chi connectivity index (χ4v) is 6.42. The third kappa shape index (κ3) is 7.23. The molecule has 0 bridgehead atoms. The van der Waals surface area contributed by atoms with E-state index in [1.54, 1.807) is 37.3 Å². The summed E-state index contributed by atoms with van der Waals surface area (Å²) in [5.74, 6) is 0.348. The molecule has 226 valence electrons. The van der Waals surface area contributed by atoms with Gasteiger partial charge in [-0.25, -0.2) is 13.2 Å². The van der Waals surface area contributed by atoms with Crippen molar-refractivity contribution in [2.45, 2.75) is 25.8 Å². The van der Waals surface area contributed by atoms with Crippen LogP contribution in [0.1, 0.15) is 12.1 Å². The van der Waals surface area contributed by atoms with Gasteiger partial charge in [0.15, 0.2) is 15.6 Å². The molecule has 3 aromatic carbocycles. The summed E-state index contributed by atoms with van der Waals surface area (Å²) >= 11 is 6.39. The standard InChI is InChI=1S/C29H23ClF3NO8S/c1-16-26(17-3-5-18(6-4-17)39-19-7-9-20(10-8-19)42-29(31,32)33)27(22-13-23(30)25(38-2)14-24(22)34-16)41-28(35)40-21-11-12-43(36,37)15-21/h3-10,13-14,21H,11-12,15H2,1-2H3. The number of pyridine rings is 1. The lowest BCUT2D eigenvalue weighted by Crippen LogP contribution is -2.22. The van der Waals surface area contributed by atoms with Crippen LogP contribution in [-0.4, -0.2) is 50.6 Å². The van der Waals surface area contributed by atoms with E-state index in [1.807, 2.05) is 0 Å². The van der Waals surface area contributed by atoms with Crippen molar-refractivity contribution in [3.05, 3.63) is 71.4 Å². The van der Waals surface area contributed by atoms with E-state index in [-0.39, 0.29) is 40.2 Å². The van der Waals surface area contributed by atoms with Crippen LogP contribution >= 0.6 is 11.6 Å². The number of hydrogen-bond acceptors (Lipinski definition) is 9. The van der Waals surface area contributed by atoms with Crippen molar-refractivity contribution < 1.29 is 50.1 Å². The first kappa shape index (κ1) is 30.2. The van der Waals surface area contributed by atoms with Crippen molar-refractivity contribution in [2.75, 3.05) is 18.6 Å². The molecule has 1 unspecified atom stereocenters. The molecule has 0 N–H and O–H groups in total. The van der Waals surface area contributed by atoms with Gasteiger partial charge in [0.2, 0.25) is 0 Å². The molecule has 2 heterocycles. The van der Waals surface area contributed by atoms with Crippen molar-refractivity contribution in [3.63, 3.8) is 0 Å². The Morgan fingerprint density at radius 3 is 2.21 bits per heavy atom. The van der Waals surface area contributed by atoms with Crippen LogP contribution in [0.25, 0.3) is 22.0 Å². The second kappa shape index (κ2) is 11.8. The molecule has 9 nitrogen and oxygen atoms in total. The Morgan fingerprint density at radius 1 is 1.00 bits per heavy atom. The van der Waals surface area contributed by atoms with Crippen LogP contribution < -0.4 is 18.9 Å². The monoisotopic (exact) mass is 637 g/mol. The fraction of sp³-hybridized carbons (Fsp3) is 0.241. The number of hydrogen-bond donors (Lipinski definition) is 0. The summed E-state index contributed by atoms with van der Waals surface area (Å²) in [5, 5.41) is 0.617. The number of aryl methyl sites for hydroxylation is 1. The maximum absolute atomic E-state index is 12.9. The SMILES string of the molecule is COc1cc2nc(C)c(-c3ccc(Oc4ccc(OC(F)(F)F)cc4)cc3)c(OC(=O)OC3CCS(=O)(=O)C3)c2cc1Cl. The molecule has 43 heavy (non-hydrogen) atoms. The van der Waals surface area contributed by atoms with Gasteiger partial charge in [-0.3, -0.25) is 4.98 Å². The topological polar surface area (TPSA) is 110 Å². The Morgan fingerprint density at radius 2 is 1.63 bits per heavy atom. The number of rotatable bonds is 7. The Balaban J connectivity index is 1.46. The van der Waals surface area contributed by atoms with Gasteiger partial charge in [0.05, 0.1) is 29.2 Å². The zero-order valence-corrected chi connectivity index (χ0v) is 24.2. The number of aromatic nitrogens is 1. The van der Waals surface area contributed by atoms with E-state index in [0.717, 1.165) is 12.1 Å². The fourth-order valence-electron chi connectivity index (χ4n) is 4.59. The number of carbonyl (C=O) groups is 1. The van der Waals surface area contributed by atoms with E-state index in [1.165, 1.54) is 25.3 Å². The molecule has 5 rings (SSSR count). The van der Waals surface area contributed by atoms with Gasteiger partial charge in [0, 0.05) is 22.7 Å². The third-order valence-corrected chi connectivity index (χ3v) is 8.50. The molecule has 4 aromatic rings. The minimum atomic E-state index is -4.80. The molecule has 1 saturated heterocycles. The van der Waals surface area contributed by atoms with Gasteiger partial charge in [-0.15, -0.1) is 13.2 Å². The molecule has 0 amide bonds. The molecule has 0 spiro atoms. The van der Waals surface area contributed by atoms with Crippen LogP contribution in [0.3, 0.4) is 0 Å². The first-order chi connectivity index (χ1) is 20.3. The summed E-state index contributed by atoms with van der Waals surface area (Å²) in [5.41, 5.74) is 1.92. The average molecular weight is 638 g/mol. The highest BCUT2D eigenvalue weighted by Gasteiger charge is 2.32. The number of ether oxygens (including phenoxy) is 5. The molecular formula is C29H23ClF3NO8S. The first-order valence-corrected chi connectivity index (χ1v) is 14.9. The second-order valence-electron chi connectivity index (χ2n) is 9.55. The molecule has 14 heteroatoms. The number of carbonyl (C=O) groups excluding carboxylic acids is 1. The quantitative estimate of drug-likeness (QED) is 0.193. The Hall–Kier alpha value is -4.23. The van der Waals surface area contributed by atoms with E-state index in [2.05, 4.69) is 9.72 Å². The number of halogens is 4. The molecule has 1 fully saturated rings. The maximum Gasteiger partial charge on any atom is 0.573 e. The van der Waals surface area contributed by atoms with E-state index in [4.69, 9.17) is 30.5 Å². The summed E-state index contributed by atoms with van der Waals surface area (Å²) in [6, 6.07) is 14.6. The maximum atomic E-state index is 12.9. The molecule has 1 aliphatic rings.